The number of halogens is 1. The highest BCUT2D eigenvalue weighted by Gasteiger charge is 2.05. The summed E-state index contributed by atoms with van der Waals surface area (Å²) in [6.45, 7) is 0.430. The van der Waals surface area contributed by atoms with Crippen LogP contribution in [0, 0.1) is 0 Å². The molecule has 0 amide bonds. The van der Waals surface area contributed by atoms with Gasteiger partial charge in [0.25, 0.3) is 0 Å². The summed E-state index contributed by atoms with van der Waals surface area (Å²) in [7, 11) is 1.60. The largest absolute Gasteiger partial charge is 0.488 e. The van der Waals surface area contributed by atoms with E-state index in [-0.39, 0.29) is 0 Å². The van der Waals surface area contributed by atoms with Crippen LogP contribution in [0.1, 0.15) is 5.56 Å². The molecule has 0 atom stereocenters. The number of rotatable bonds is 4. The second kappa shape index (κ2) is 5.68. The van der Waals surface area contributed by atoms with Crippen LogP contribution in [0.15, 0.2) is 47.1 Å². The Morgan fingerprint density at radius 3 is 2.76 bits per heavy atom. The maximum Gasteiger partial charge on any atom is 0.219 e. The Morgan fingerprint density at radius 2 is 2.00 bits per heavy atom. The second-order valence-electron chi connectivity index (χ2n) is 3.39. The van der Waals surface area contributed by atoms with Crippen molar-refractivity contribution < 1.29 is 9.47 Å². The summed E-state index contributed by atoms with van der Waals surface area (Å²) < 4.78 is 11.8. The Bertz CT molecular complexity index is 502. The van der Waals surface area contributed by atoms with Crippen molar-refractivity contribution in [2.75, 3.05) is 7.11 Å². The highest BCUT2D eigenvalue weighted by Crippen LogP contribution is 2.25. The van der Waals surface area contributed by atoms with Gasteiger partial charge in [-0.2, -0.15) is 0 Å². The fourth-order valence-electron chi connectivity index (χ4n) is 1.44. The van der Waals surface area contributed by atoms with E-state index in [4.69, 9.17) is 9.47 Å². The van der Waals surface area contributed by atoms with Gasteiger partial charge in [0.05, 0.1) is 17.1 Å². The highest BCUT2D eigenvalue weighted by atomic mass is 79.9. The van der Waals surface area contributed by atoms with Crippen LogP contribution in [0.25, 0.3) is 0 Å². The van der Waals surface area contributed by atoms with Crippen molar-refractivity contribution in [2.24, 2.45) is 0 Å². The summed E-state index contributed by atoms with van der Waals surface area (Å²) in [5.74, 6) is 1.40. The SMILES string of the molecule is COc1ncccc1COc1ccccc1Br. The molecule has 1 aromatic carbocycles. The Labute approximate surface area is 109 Å². The summed E-state index contributed by atoms with van der Waals surface area (Å²) in [6.07, 6.45) is 1.70. The van der Waals surface area contributed by atoms with Crippen LogP contribution in [0.4, 0.5) is 0 Å². The van der Waals surface area contributed by atoms with Crippen LogP contribution in [-0.4, -0.2) is 12.1 Å². The smallest absolute Gasteiger partial charge is 0.219 e. The van der Waals surface area contributed by atoms with Gasteiger partial charge in [0, 0.05) is 6.20 Å². The molecule has 1 aromatic heterocycles. The quantitative estimate of drug-likeness (QED) is 0.865. The van der Waals surface area contributed by atoms with E-state index in [1.165, 1.54) is 0 Å². The molecule has 1 heterocycles. The second-order valence-corrected chi connectivity index (χ2v) is 4.25. The maximum atomic E-state index is 5.70. The first-order valence-corrected chi connectivity index (χ1v) is 5.96. The molecule has 0 spiro atoms. The third kappa shape index (κ3) is 2.97. The number of ether oxygens (including phenoxy) is 2. The first kappa shape index (κ1) is 11.9. The van der Waals surface area contributed by atoms with Crippen molar-refractivity contribution >= 4 is 15.9 Å². The van der Waals surface area contributed by atoms with Gasteiger partial charge in [-0.1, -0.05) is 12.1 Å². The van der Waals surface area contributed by atoms with Crippen molar-refractivity contribution in [3.63, 3.8) is 0 Å². The first-order valence-electron chi connectivity index (χ1n) is 5.16. The normalized spacial score (nSPS) is 10.0. The van der Waals surface area contributed by atoms with Gasteiger partial charge in [-0.3, -0.25) is 0 Å². The standard InChI is InChI=1S/C13H12BrNO2/c1-16-13-10(5-4-8-15-13)9-17-12-7-3-2-6-11(12)14/h2-8H,9H2,1H3. The summed E-state index contributed by atoms with van der Waals surface area (Å²) in [5, 5.41) is 0. The molecule has 0 aliphatic rings. The van der Waals surface area contributed by atoms with E-state index in [1.54, 1.807) is 13.3 Å². The molecule has 0 aliphatic heterocycles. The van der Waals surface area contributed by atoms with Gasteiger partial charge in [-0.15, -0.1) is 0 Å². The monoisotopic (exact) mass is 293 g/mol. The van der Waals surface area contributed by atoms with Crippen molar-refractivity contribution in [2.45, 2.75) is 6.61 Å². The predicted octanol–water partition coefficient (Wildman–Crippen LogP) is 3.43. The molecule has 0 unspecified atom stereocenters. The van der Waals surface area contributed by atoms with Crippen molar-refractivity contribution in [1.82, 2.24) is 4.98 Å². The molecule has 4 heteroatoms. The third-order valence-electron chi connectivity index (χ3n) is 2.26. The lowest BCUT2D eigenvalue weighted by atomic mass is 10.3. The number of hydrogen-bond donors (Lipinski definition) is 0. The van der Waals surface area contributed by atoms with Crippen LogP contribution >= 0.6 is 15.9 Å². The van der Waals surface area contributed by atoms with Crippen LogP contribution in [-0.2, 0) is 6.61 Å². The number of hydrogen-bond acceptors (Lipinski definition) is 3. The molecule has 0 saturated carbocycles. The van der Waals surface area contributed by atoms with E-state index < -0.39 is 0 Å². The van der Waals surface area contributed by atoms with Gasteiger partial charge in [0.2, 0.25) is 5.88 Å². The number of aromatic nitrogens is 1. The topological polar surface area (TPSA) is 31.4 Å². The Kier molecular flexibility index (Phi) is 3.98. The zero-order chi connectivity index (χ0) is 12.1. The van der Waals surface area contributed by atoms with Crippen molar-refractivity contribution in [3.05, 3.63) is 52.6 Å². The fourth-order valence-corrected chi connectivity index (χ4v) is 1.83. The van der Waals surface area contributed by atoms with Crippen molar-refractivity contribution in [3.8, 4) is 11.6 Å². The lowest BCUT2D eigenvalue weighted by Gasteiger charge is -2.10. The molecule has 0 N–H and O–H groups in total. The molecule has 0 aliphatic carbocycles. The molecule has 88 valence electrons. The van der Waals surface area contributed by atoms with E-state index in [0.717, 1.165) is 15.8 Å². The number of pyridine rings is 1. The van der Waals surface area contributed by atoms with Crippen LogP contribution in [0.3, 0.4) is 0 Å². The van der Waals surface area contributed by atoms with Gasteiger partial charge >= 0.3 is 0 Å². The predicted molar refractivity (Wildman–Crippen MR) is 69.3 cm³/mol. The maximum absolute atomic E-state index is 5.70. The van der Waals surface area contributed by atoms with Gasteiger partial charge in [-0.25, -0.2) is 4.98 Å². The summed E-state index contributed by atoms with van der Waals surface area (Å²) >= 11 is 3.43. The number of benzene rings is 1. The molecule has 2 rings (SSSR count). The average molecular weight is 294 g/mol. The minimum atomic E-state index is 0.430. The van der Waals surface area contributed by atoms with Gasteiger partial charge < -0.3 is 9.47 Å². The lowest BCUT2D eigenvalue weighted by Crippen LogP contribution is -2.00. The Morgan fingerprint density at radius 1 is 1.18 bits per heavy atom. The van der Waals surface area contributed by atoms with E-state index in [9.17, 15) is 0 Å². The summed E-state index contributed by atoms with van der Waals surface area (Å²) in [4.78, 5) is 4.12. The molecule has 0 saturated heterocycles. The minimum absolute atomic E-state index is 0.430. The van der Waals surface area contributed by atoms with E-state index >= 15 is 0 Å². The van der Waals surface area contributed by atoms with Crippen LogP contribution < -0.4 is 9.47 Å². The molecule has 17 heavy (non-hydrogen) atoms. The molecule has 0 bridgehead atoms. The summed E-state index contributed by atoms with van der Waals surface area (Å²) in [5.41, 5.74) is 0.922. The van der Waals surface area contributed by atoms with Gasteiger partial charge in [-0.05, 0) is 40.2 Å². The Hall–Kier alpha value is -1.55. The van der Waals surface area contributed by atoms with E-state index in [0.29, 0.717) is 12.5 Å². The number of methoxy groups -OCH3 is 1. The minimum Gasteiger partial charge on any atom is -0.488 e. The zero-order valence-electron chi connectivity index (χ0n) is 9.39. The average Bonchev–Trinajstić information content (AvgIpc) is 2.38. The number of para-hydroxylation sites is 1. The molecule has 0 fully saturated rings. The molecular formula is C13H12BrNO2. The zero-order valence-corrected chi connectivity index (χ0v) is 11.0. The highest BCUT2D eigenvalue weighted by molar-refractivity contribution is 9.10. The number of nitrogens with zero attached hydrogens (tertiary/aromatic N) is 1. The molecule has 0 radical (unpaired) electrons. The first-order chi connectivity index (χ1) is 8.31. The van der Waals surface area contributed by atoms with Crippen molar-refractivity contribution in [1.29, 1.82) is 0 Å². The Balaban J connectivity index is 2.10. The van der Waals surface area contributed by atoms with Gasteiger partial charge in [0.1, 0.15) is 12.4 Å². The van der Waals surface area contributed by atoms with Gasteiger partial charge in [0.15, 0.2) is 0 Å². The summed E-state index contributed by atoms with van der Waals surface area (Å²) in [6, 6.07) is 11.5. The van der Waals surface area contributed by atoms with E-state index in [1.807, 2.05) is 36.4 Å². The molecule has 3 nitrogen and oxygen atoms in total. The van der Waals surface area contributed by atoms with Crippen LogP contribution in [0.5, 0.6) is 11.6 Å². The fraction of sp³-hybridized carbons (Fsp3) is 0.154. The van der Waals surface area contributed by atoms with Crippen LogP contribution in [0.2, 0.25) is 0 Å². The molecule has 2 aromatic rings. The van der Waals surface area contributed by atoms with E-state index in [2.05, 4.69) is 20.9 Å². The molecular weight excluding hydrogens is 282 g/mol. The lowest BCUT2D eigenvalue weighted by molar-refractivity contribution is 0.292. The third-order valence-corrected chi connectivity index (χ3v) is 2.92.